The molecule has 0 bridgehead atoms. The van der Waals surface area contributed by atoms with Gasteiger partial charge in [-0.15, -0.1) is 0 Å². The minimum Gasteiger partial charge on any atom is -0.388 e. The molecule has 1 aromatic carbocycles. The summed E-state index contributed by atoms with van der Waals surface area (Å²) >= 11 is 0. The Morgan fingerprint density at radius 2 is 2.08 bits per heavy atom. The fourth-order valence-corrected chi connectivity index (χ4v) is 4.88. The topological polar surface area (TPSA) is 75.4 Å². The van der Waals surface area contributed by atoms with E-state index >= 15 is 0 Å². The van der Waals surface area contributed by atoms with Crippen LogP contribution in [0, 0.1) is 0 Å². The van der Waals surface area contributed by atoms with E-state index in [1.54, 1.807) is 10.9 Å². The summed E-state index contributed by atoms with van der Waals surface area (Å²) in [4.78, 5) is 0.227. The molecule has 24 heavy (non-hydrogen) atoms. The van der Waals surface area contributed by atoms with Crippen molar-refractivity contribution in [2.75, 3.05) is 6.54 Å². The number of nitrogens with zero attached hydrogens (tertiary/aromatic N) is 3. The van der Waals surface area contributed by atoms with Crippen LogP contribution in [0.4, 0.5) is 0 Å². The van der Waals surface area contributed by atoms with Gasteiger partial charge in [0, 0.05) is 25.3 Å². The lowest BCUT2D eigenvalue weighted by molar-refractivity contribution is 0.142. The third-order valence-electron chi connectivity index (χ3n) is 4.54. The van der Waals surface area contributed by atoms with Crippen LogP contribution in [0.1, 0.15) is 37.9 Å². The number of aliphatic hydroxyl groups is 1. The number of aryl methyl sites for hydroxylation is 1. The Morgan fingerprint density at radius 3 is 2.75 bits per heavy atom. The number of hydrogen-bond acceptors (Lipinski definition) is 4. The molecule has 0 amide bonds. The molecule has 0 radical (unpaired) electrons. The highest BCUT2D eigenvalue weighted by atomic mass is 32.2. The fourth-order valence-electron chi connectivity index (χ4n) is 3.22. The maximum absolute atomic E-state index is 12.9. The van der Waals surface area contributed by atoms with E-state index in [1.165, 1.54) is 10.5 Å². The van der Waals surface area contributed by atoms with E-state index in [0.29, 0.717) is 19.5 Å². The molecule has 6 nitrogen and oxygen atoms in total. The van der Waals surface area contributed by atoms with E-state index in [1.807, 2.05) is 37.3 Å². The molecule has 0 saturated carbocycles. The van der Waals surface area contributed by atoms with E-state index in [0.717, 1.165) is 18.4 Å². The largest absolute Gasteiger partial charge is 0.388 e. The van der Waals surface area contributed by atoms with Gasteiger partial charge in [-0.1, -0.05) is 30.3 Å². The summed E-state index contributed by atoms with van der Waals surface area (Å²) in [5.74, 6) is 0. The van der Waals surface area contributed by atoms with Gasteiger partial charge in [0.25, 0.3) is 0 Å². The maximum atomic E-state index is 12.9. The Labute approximate surface area is 142 Å². The van der Waals surface area contributed by atoms with Gasteiger partial charge in [-0.25, -0.2) is 8.42 Å². The van der Waals surface area contributed by atoms with Gasteiger partial charge in [-0.3, -0.25) is 4.68 Å². The van der Waals surface area contributed by atoms with Gasteiger partial charge in [-0.05, 0) is 31.7 Å². The van der Waals surface area contributed by atoms with Crippen molar-refractivity contribution in [1.29, 1.82) is 0 Å². The van der Waals surface area contributed by atoms with Gasteiger partial charge in [-0.2, -0.15) is 9.40 Å². The molecule has 1 fully saturated rings. The Kier molecular flexibility index (Phi) is 5.03. The lowest BCUT2D eigenvalue weighted by atomic mass is 10.0. The van der Waals surface area contributed by atoms with E-state index in [4.69, 9.17) is 0 Å². The summed E-state index contributed by atoms with van der Waals surface area (Å²) in [7, 11) is -3.57. The first-order valence-electron chi connectivity index (χ1n) is 8.29. The molecule has 0 spiro atoms. The molecule has 7 heteroatoms. The number of aromatic nitrogens is 2. The third-order valence-corrected chi connectivity index (χ3v) is 6.45. The van der Waals surface area contributed by atoms with E-state index in [9.17, 15) is 13.5 Å². The highest BCUT2D eigenvalue weighted by Crippen LogP contribution is 2.31. The molecule has 1 saturated heterocycles. The van der Waals surface area contributed by atoms with Crippen molar-refractivity contribution in [1.82, 2.24) is 14.1 Å². The SMILES string of the molecule is CCn1cc(S(=O)(=O)N2CCC[C@@H]2C[C@H](O)c2ccccc2)cn1. The van der Waals surface area contributed by atoms with Crippen molar-refractivity contribution < 1.29 is 13.5 Å². The summed E-state index contributed by atoms with van der Waals surface area (Å²) in [5.41, 5.74) is 0.820. The van der Waals surface area contributed by atoms with Crippen LogP contribution in [0.2, 0.25) is 0 Å². The molecule has 1 N–H and O–H groups in total. The monoisotopic (exact) mass is 349 g/mol. The van der Waals surface area contributed by atoms with Crippen molar-refractivity contribution in [3.63, 3.8) is 0 Å². The Morgan fingerprint density at radius 1 is 1.33 bits per heavy atom. The molecule has 1 aromatic heterocycles. The quantitative estimate of drug-likeness (QED) is 0.867. The Bertz CT molecular complexity index is 773. The molecule has 1 aliphatic heterocycles. The molecule has 3 rings (SSSR count). The van der Waals surface area contributed by atoms with Crippen LogP contribution in [0.25, 0.3) is 0 Å². The van der Waals surface area contributed by atoms with Gasteiger partial charge >= 0.3 is 0 Å². The zero-order valence-corrected chi connectivity index (χ0v) is 14.6. The average molecular weight is 349 g/mol. The smallest absolute Gasteiger partial charge is 0.246 e. The maximum Gasteiger partial charge on any atom is 0.246 e. The third kappa shape index (κ3) is 3.38. The molecule has 2 heterocycles. The second kappa shape index (κ2) is 7.04. The van der Waals surface area contributed by atoms with Crippen molar-refractivity contribution in [3.05, 3.63) is 48.3 Å². The number of hydrogen-bond donors (Lipinski definition) is 1. The number of sulfonamides is 1. The van der Waals surface area contributed by atoms with Crippen molar-refractivity contribution in [3.8, 4) is 0 Å². The second-order valence-electron chi connectivity index (χ2n) is 6.11. The van der Waals surface area contributed by atoms with Crippen molar-refractivity contribution in [2.24, 2.45) is 0 Å². The average Bonchev–Trinajstić information content (AvgIpc) is 3.25. The number of benzene rings is 1. The highest BCUT2D eigenvalue weighted by Gasteiger charge is 2.37. The molecule has 1 aliphatic rings. The van der Waals surface area contributed by atoms with Crippen LogP contribution in [0.5, 0.6) is 0 Å². The summed E-state index contributed by atoms with van der Waals surface area (Å²) in [6.45, 7) is 3.04. The first-order chi connectivity index (χ1) is 11.5. The zero-order valence-electron chi connectivity index (χ0n) is 13.7. The molecule has 2 atom stereocenters. The molecule has 0 unspecified atom stereocenters. The van der Waals surface area contributed by atoms with Crippen LogP contribution >= 0.6 is 0 Å². The molecule has 2 aromatic rings. The highest BCUT2D eigenvalue weighted by molar-refractivity contribution is 7.89. The fraction of sp³-hybridized carbons (Fsp3) is 0.471. The number of rotatable bonds is 6. The first kappa shape index (κ1) is 17.1. The summed E-state index contributed by atoms with van der Waals surface area (Å²) in [6, 6.07) is 9.19. The normalized spacial score (nSPS) is 20.3. The second-order valence-corrected chi connectivity index (χ2v) is 8.00. The summed E-state index contributed by atoms with van der Waals surface area (Å²) < 4.78 is 28.9. The minimum absolute atomic E-state index is 0.185. The molecular weight excluding hydrogens is 326 g/mol. The minimum atomic E-state index is -3.57. The summed E-state index contributed by atoms with van der Waals surface area (Å²) in [6.07, 6.45) is 4.30. The van der Waals surface area contributed by atoms with Crippen LogP contribution < -0.4 is 0 Å². The molecular formula is C17H23N3O3S. The van der Waals surface area contributed by atoms with Crippen molar-refractivity contribution in [2.45, 2.75) is 49.8 Å². The summed E-state index contributed by atoms with van der Waals surface area (Å²) in [5, 5.41) is 14.5. The van der Waals surface area contributed by atoms with Crippen molar-refractivity contribution >= 4 is 10.0 Å². The Hall–Kier alpha value is -1.70. The number of aliphatic hydroxyl groups excluding tert-OH is 1. The Balaban J connectivity index is 1.77. The van der Waals surface area contributed by atoms with Crippen LogP contribution in [0.3, 0.4) is 0 Å². The van der Waals surface area contributed by atoms with E-state index in [2.05, 4.69) is 5.10 Å². The predicted octanol–water partition coefficient (Wildman–Crippen LogP) is 2.18. The predicted molar refractivity (Wildman–Crippen MR) is 90.8 cm³/mol. The first-order valence-corrected chi connectivity index (χ1v) is 9.73. The molecule has 130 valence electrons. The van der Waals surface area contributed by atoms with Gasteiger partial charge < -0.3 is 5.11 Å². The van der Waals surface area contributed by atoms with Crippen LogP contribution in [-0.4, -0.2) is 40.2 Å². The molecule has 0 aliphatic carbocycles. The van der Waals surface area contributed by atoms with Gasteiger partial charge in [0.1, 0.15) is 4.90 Å². The van der Waals surface area contributed by atoms with Crippen LogP contribution in [0.15, 0.2) is 47.6 Å². The van der Waals surface area contributed by atoms with E-state index in [-0.39, 0.29) is 10.9 Å². The standard InChI is InChI=1S/C17H23N3O3S/c1-2-19-13-16(12-18-19)24(22,23)20-10-6-9-15(20)11-17(21)14-7-4-3-5-8-14/h3-5,7-8,12-13,15,17,21H,2,6,9-11H2,1H3/t15-,17+/m1/s1. The van der Waals surface area contributed by atoms with Crippen LogP contribution in [-0.2, 0) is 16.6 Å². The van der Waals surface area contributed by atoms with E-state index < -0.39 is 16.1 Å². The van der Waals surface area contributed by atoms with Gasteiger partial charge in [0.15, 0.2) is 0 Å². The lowest BCUT2D eigenvalue weighted by Gasteiger charge is -2.25. The van der Waals surface area contributed by atoms with Gasteiger partial charge in [0.2, 0.25) is 10.0 Å². The lowest BCUT2D eigenvalue weighted by Crippen LogP contribution is -2.36. The van der Waals surface area contributed by atoms with Gasteiger partial charge in [0.05, 0.1) is 12.3 Å². The zero-order chi connectivity index (χ0) is 17.2.